The summed E-state index contributed by atoms with van der Waals surface area (Å²) in [6, 6.07) is 5.16. The highest BCUT2D eigenvalue weighted by atomic mass is 35.5. The van der Waals surface area contributed by atoms with E-state index in [4.69, 9.17) is 16.3 Å². The molecular formula is C13H13ClNO2S. The lowest BCUT2D eigenvalue weighted by molar-refractivity contribution is -0.131. The van der Waals surface area contributed by atoms with Crippen molar-refractivity contribution in [2.24, 2.45) is 0 Å². The third kappa shape index (κ3) is 2.82. The minimum Gasteiger partial charge on any atom is -0.427 e. The predicted molar refractivity (Wildman–Crippen MR) is 74.7 cm³/mol. The van der Waals surface area contributed by atoms with Crippen LogP contribution in [0, 0.1) is 6.20 Å². The van der Waals surface area contributed by atoms with Gasteiger partial charge >= 0.3 is 5.97 Å². The molecule has 1 aliphatic rings. The first kappa shape index (κ1) is 13.3. The van der Waals surface area contributed by atoms with E-state index in [2.05, 4.69) is 13.1 Å². The van der Waals surface area contributed by atoms with Crippen LogP contribution < -0.4 is 9.64 Å². The maximum atomic E-state index is 11.0. The van der Waals surface area contributed by atoms with Gasteiger partial charge in [0, 0.05) is 17.9 Å². The number of halogens is 1. The van der Waals surface area contributed by atoms with Crippen molar-refractivity contribution in [3.63, 3.8) is 0 Å². The number of anilines is 1. The lowest BCUT2D eigenvalue weighted by Gasteiger charge is -2.22. The molecule has 0 spiro atoms. The van der Waals surface area contributed by atoms with Crippen LogP contribution in [0.15, 0.2) is 23.1 Å². The van der Waals surface area contributed by atoms with E-state index in [1.165, 1.54) is 6.92 Å². The first-order valence-corrected chi connectivity index (χ1v) is 6.77. The van der Waals surface area contributed by atoms with Gasteiger partial charge in [0.2, 0.25) is 0 Å². The number of hydrogen-bond acceptors (Lipinski definition) is 4. The van der Waals surface area contributed by atoms with Gasteiger partial charge in [-0.3, -0.25) is 4.79 Å². The van der Waals surface area contributed by atoms with Crippen molar-refractivity contribution < 1.29 is 9.53 Å². The molecule has 1 aromatic rings. The molecule has 1 unspecified atom stereocenters. The van der Waals surface area contributed by atoms with Crippen molar-refractivity contribution in [1.29, 1.82) is 0 Å². The Kier molecular flexibility index (Phi) is 3.88. The molecule has 0 amide bonds. The smallest absolute Gasteiger partial charge is 0.308 e. The molecule has 1 heterocycles. The molecule has 0 aliphatic carbocycles. The average molecular weight is 283 g/mol. The number of carbonyl (C=O) groups excluding carboxylic acids is 1. The van der Waals surface area contributed by atoms with E-state index in [0.717, 1.165) is 10.6 Å². The molecule has 5 heteroatoms. The molecule has 0 saturated carbocycles. The summed E-state index contributed by atoms with van der Waals surface area (Å²) < 4.78 is 5.07. The summed E-state index contributed by atoms with van der Waals surface area (Å²) in [5.74, 6) is 0.147. The van der Waals surface area contributed by atoms with Crippen LogP contribution in [0.3, 0.4) is 0 Å². The molecule has 0 N–H and O–H groups in total. The quantitative estimate of drug-likeness (QED) is 0.609. The van der Waals surface area contributed by atoms with Crippen LogP contribution in [0.5, 0.6) is 5.75 Å². The summed E-state index contributed by atoms with van der Waals surface area (Å²) in [5, 5.41) is 0.843. The number of benzene rings is 1. The van der Waals surface area contributed by atoms with E-state index in [1.54, 1.807) is 30.0 Å². The Morgan fingerprint density at radius 3 is 2.83 bits per heavy atom. The van der Waals surface area contributed by atoms with E-state index >= 15 is 0 Å². The Morgan fingerprint density at radius 2 is 2.28 bits per heavy atom. The summed E-state index contributed by atoms with van der Waals surface area (Å²) in [6.45, 7) is 5.45. The Hall–Kier alpha value is -1.13. The standard InChI is InChI=1S/C13H13ClNO2S/c1-8-7-15(9(2)18-8)13-6-11(17-10(3)16)4-5-12(13)14/h4-6,9H,1-3H3. The molecule has 1 aliphatic heterocycles. The number of hydrogen-bond donors (Lipinski definition) is 0. The molecule has 3 nitrogen and oxygen atoms in total. The number of esters is 1. The summed E-state index contributed by atoms with van der Waals surface area (Å²) in [4.78, 5) is 14.0. The second kappa shape index (κ2) is 5.24. The minimum absolute atomic E-state index is 0.232. The monoisotopic (exact) mass is 282 g/mol. The molecule has 95 valence electrons. The molecule has 0 fully saturated rings. The fourth-order valence-electron chi connectivity index (χ4n) is 1.76. The highest BCUT2D eigenvalue weighted by Gasteiger charge is 2.23. The first-order chi connectivity index (χ1) is 8.47. The molecular weight excluding hydrogens is 270 g/mol. The topological polar surface area (TPSA) is 29.5 Å². The van der Waals surface area contributed by atoms with Gasteiger partial charge in [-0.05, 0) is 26.0 Å². The number of ether oxygens (including phenoxy) is 1. The molecule has 1 radical (unpaired) electrons. The third-order valence-electron chi connectivity index (χ3n) is 2.43. The molecule has 18 heavy (non-hydrogen) atoms. The fraction of sp³-hybridized carbons (Fsp3) is 0.308. The summed E-state index contributed by atoms with van der Waals surface area (Å²) >= 11 is 7.90. The van der Waals surface area contributed by atoms with Gasteiger partial charge in [-0.15, -0.1) is 11.8 Å². The van der Waals surface area contributed by atoms with Gasteiger partial charge in [0.25, 0.3) is 0 Å². The maximum absolute atomic E-state index is 11.0. The van der Waals surface area contributed by atoms with Gasteiger partial charge in [-0.2, -0.15) is 0 Å². The van der Waals surface area contributed by atoms with Crippen LogP contribution in [0.1, 0.15) is 20.8 Å². The number of nitrogens with zero attached hydrogens (tertiary/aromatic N) is 1. The van der Waals surface area contributed by atoms with Crippen molar-refractivity contribution in [3.8, 4) is 5.75 Å². The van der Waals surface area contributed by atoms with E-state index in [0.29, 0.717) is 10.8 Å². The molecule has 1 aromatic carbocycles. The van der Waals surface area contributed by atoms with Crippen LogP contribution in [-0.2, 0) is 4.79 Å². The van der Waals surface area contributed by atoms with Crippen molar-refractivity contribution in [2.45, 2.75) is 26.1 Å². The first-order valence-electron chi connectivity index (χ1n) is 5.51. The third-order valence-corrected chi connectivity index (χ3v) is 3.74. The van der Waals surface area contributed by atoms with Crippen LogP contribution in [0.4, 0.5) is 5.69 Å². The average Bonchev–Trinajstić information content (AvgIpc) is 2.60. The number of allylic oxidation sites excluding steroid dienone is 1. The Balaban J connectivity index is 2.34. The Bertz CT molecular complexity index is 516. The second-order valence-electron chi connectivity index (χ2n) is 3.96. The Labute approximate surface area is 116 Å². The van der Waals surface area contributed by atoms with E-state index in [-0.39, 0.29) is 11.3 Å². The maximum Gasteiger partial charge on any atom is 0.308 e. The molecule has 2 rings (SSSR count). The van der Waals surface area contributed by atoms with Gasteiger partial charge in [-0.1, -0.05) is 11.6 Å². The van der Waals surface area contributed by atoms with Crippen LogP contribution in [-0.4, -0.2) is 11.3 Å². The van der Waals surface area contributed by atoms with Gasteiger partial charge in [-0.25, -0.2) is 0 Å². The predicted octanol–water partition coefficient (Wildman–Crippen LogP) is 3.83. The molecule has 0 bridgehead atoms. The van der Waals surface area contributed by atoms with E-state index in [9.17, 15) is 4.79 Å². The van der Waals surface area contributed by atoms with E-state index in [1.807, 2.05) is 11.8 Å². The largest absolute Gasteiger partial charge is 0.427 e. The lowest BCUT2D eigenvalue weighted by atomic mass is 10.2. The van der Waals surface area contributed by atoms with Crippen LogP contribution >= 0.6 is 23.4 Å². The van der Waals surface area contributed by atoms with Crippen LogP contribution in [0.25, 0.3) is 0 Å². The zero-order valence-electron chi connectivity index (χ0n) is 10.4. The minimum atomic E-state index is -0.345. The van der Waals surface area contributed by atoms with Crippen LogP contribution in [0.2, 0.25) is 5.02 Å². The zero-order valence-corrected chi connectivity index (χ0v) is 11.9. The van der Waals surface area contributed by atoms with Crippen molar-refractivity contribution in [1.82, 2.24) is 0 Å². The van der Waals surface area contributed by atoms with Gasteiger partial charge < -0.3 is 9.64 Å². The lowest BCUT2D eigenvalue weighted by Crippen LogP contribution is -2.21. The van der Waals surface area contributed by atoms with Crippen molar-refractivity contribution in [3.05, 3.63) is 34.3 Å². The second-order valence-corrected chi connectivity index (χ2v) is 5.90. The normalized spacial score (nSPS) is 18.8. The van der Waals surface area contributed by atoms with Crippen molar-refractivity contribution in [2.75, 3.05) is 4.90 Å². The van der Waals surface area contributed by atoms with Crippen molar-refractivity contribution >= 4 is 35.0 Å². The number of carbonyl (C=O) groups is 1. The molecule has 0 aromatic heterocycles. The van der Waals surface area contributed by atoms with E-state index < -0.39 is 0 Å². The number of thioether (sulfide) groups is 1. The highest BCUT2D eigenvalue weighted by molar-refractivity contribution is 8.03. The highest BCUT2D eigenvalue weighted by Crippen LogP contribution is 2.39. The SMILES string of the molecule is CC(=O)Oc1ccc(Cl)c(N2[C]=C(C)SC2C)c1. The summed E-state index contributed by atoms with van der Waals surface area (Å²) in [6.07, 6.45) is 3.23. The summed E-state index contributed by atoms with van der Waals surface area (Å²) in [7, 11) is 0. The summed E-state index contributed by atoms with van der Waals surface area (Å²) in [5.41, 5.74) is 0.798. The van der Waals surface area contributed by atoms with Gasteiger partial charge in [0.1, 0.15) is 5.75 Å². The molecule has 0 saturated heterocycles. The van der Waals surface area contributed by atoms with Gasteiger partial charge in [0.15, 0.2) is 0 Å². The fourth-order valence-corrected chi connectivity index (χ4v) is 2.90. The van der Waals surface area contributed by atoms with Gasteiger partial charge in [0.05, 0.1) is 22.3 Å². The Morgan fingerprint density at radius 1 is 1.56 bits per heavy atom. The number of rotatable bonds is 2. The molecule has 1 atom stereocenters. The zero-order chi connectivity index (χ0) is 13.3.